The van der Waals surface area contributed by atoms with Gasteiger partial charge in [0.2, 0.25) is 0 Å². The lowest BCUT2D eigenvalue weighted by Gasteiger charge is -2.26. The van der Waals surface area contributed by atoms with Crippen molar-refractivity contribution in [2.75, 3.05) is 11.5 Å². The number of nitro benzene ring substituents is 1. The van der Waals surface area contributed by atoms with E-state index in [0.717, 1.165) is 16.9 Å². The summed E-state index contributed by atoms with van der Waals surface area (Å²) in [6.07, 6.45) is 2.18. The molecule has 0 radical (unpaired) electrons. The van der Waals surface area contributed by atoms with E-state index in [9.17, 15) is 24.5 Å². The smallest absolute Gasteiger partial charge is 0.335 e. The van der Waals surface area contributed by atoms with Crippen LogP contribution in [-0.2, 0) is 22.6 Å². The van der Waals surface area contributed by atoms with Gasteiger partial charge in [-0.3, -0.25) is 25.0 Å². The molecule has 0 unspecified atom stereocenters. The van der Waals surface area contributed by atoms with Crippen LogP contribution in [0.15, 0.2) is 70.7 Å². The van der Waals surface area contributed by atoms with Gasteiger partial charge < -0.3 is 9.47 Å². The maximum atomic E-state index is 13.3. The highest BCUT2D eigenvalue weighted by Crippen LogP contribution is 2.36. The minimum Gasteiger partial charge on any atom is -0.490 e. The van der Waals surface area contributed by atoms with E-state index >= 15 is 0 Å². The number of amides is 4. The highest BCUT2D eigenvalue weighted by Gasteiger charge is 2.37. The second kappa shape index (κ2) is 11.9. The Morgan fingerprint density at radius 1 is 0.949 bits per heavy atom. The lowest BCUT2D eigenvalue weighted by molar-refractivity contribution is -0.384. The molecule has 0 bridgehead atoms. The number of rotatable bonds is 9. The normalized spacial score (nSPS) is 14.4. The molecule has 1 aliphatic rings. The number of anilines is 1. The maximum absolute atomic E-state index is 13.3. The van der Waals surface area contributed by atoms with Gasteiger partial charge in [-0.2, -0.15) is 0 Å². The zero-order valence-electron chi connectivity index (χ0n) is 21.1. The number of hydrogen-bond donors (Lipinski definition) is 1. The number of barbiturate groups is 1. The summed E-state index contributed by atoms with van der Waals surface area (Å²) in [5, 5.41) is 13.1. The average molecular weight is 594 g/mol. The van der Waals surface area contributed by atoms with E-state index < -0.39 is 22.8 Å². The van der Waals surface area contributed by atoms with Crippen LogP contribution in [0.5, 0.6) is 11.5 Å². The fourth-order valence-corrected chi connectivity index (χ4v) is 4.28. The number of non-ortho nitro benzene ring substituents is 1. The number of halogens is 1. The molecule has 39 heavy (non-hydrogen) atoms. The van der Waals surface area contributed by atoms with Gasteiger partial charge in [0.05, 0.1) is 17.2 Å². The second-order valence-corrected chi connectivity index (χ2v) is 9.30. The Balaban J connectivity index is 1.62. The number of nitrogens with one attached hydrogen (secondary N) is 1. The summed E-state index contributed by atoms with van der Waals surface area (Å²) < 4.78 is 12.1. The van der Waals surface area contributed by atoms with Gasteiger partial charge in [0.15, 0.2) is 11.5 Å². The molecule has 3 aromatic carbocycles. The largest absolute Gasteiger partial charge is 0.490 e. The molecule has 1 saturated heterocycles. The van der Waals surface area contributed by atoms with E-state index in [4.69, 9.17) is 9.47 Å². The van der Waals surface area contributed by atoms with E-state index in [2.05, 4.69) is 21.2 Å². The van der Waals surface area contributed by atoms with Crippen LogP contribution in [-0.4, -0.2) is 29.4 Å². The van der Waals surface area contributed by atoms with Crippen LogP contribution < -0.4 is 19.7 Å². The third-order valence-electron chi connectivity index (χ3n) is 5.91. The molecule has 0 spiro atoms. The number of benzene rings is 3. The van der Waals surface area contributed by atoms with Crippen LogP contribution >= 0.6 is 15.9 Å². The summed E-state index contributed by atoms with van der Waals surface area (Å²) in [6.45, 7) is 4.24. The standard InChI is InChI=1S/C28H24BrN3O7/c1-3-17-5-9-20(10-6-17)31-27(34)22(26(33)30-28(31)35)13-19-14-24(38-4-2)25(15-23(19)29)39-16-18-7-11-21(12-8-18)32(36)37/h5-15H,3-4,16H2,1-2H3,(H,30,33,35)/b22-13-. The van der Waals surface area contributed by atoms with E-state index in [1.54, 1.807) is 43.3 Å². The Labute approximate surface area is 232 Å². The number of urea groups is 1. The Morgan fingerprint density at radius 3 is 2.21 bits per heavy atom. The minimum absolute atomic E-state index is 0.0200. The summed E-state index contributed by atoms with van der Waals surface area (Å²) in [5.74, 6) is -0.816. The van der Waals surface area contributed by atoms with Gasteiger partial charge in [0.1, 0.15) is 12.2 Å². The lowest BCUT2D eigenvalue weighted by Crippen LogP contribution is -2.54. The summed E-state index contributed by atoms with van der Waals surface area (Å²) in [7, 11) is 0. The summed E-state index contributed by atoms with van der Waals surface area (Å²) in [5.41, 5.74) is 2.31. The number of imide groups is 2. The number of aryl methyl sites for hydroxylation is 1. The molecule has 1 aliphatic heterocycles. The number of nitro groups is 1. The van der Waals surface area contributed by atoms with Gasteiger partial charge in [-0.1, -0.05) is 35.0 Å². The molecular weight excluding hydrogens is 570 g/mol. The first-order chi connectivity index (χ1) is 18.7. The average Bonchev–Trinajstić information content (AvgIpc) is 2.92. The van der Waals surface area contributed by atoms with Crippen LogP contribution in [0.2, 0.25) is 0 Å². The van der Waals surface area contributed by atoms with Crippen molar-refractivity contribution in [2.45, 2.75) is 26.9 Å². The van der Waals surface area contributed by atoms with Crippen LogP contribution in [0.3, 0.4) is 0 Å². The van der Waals surface area contributed by atoms with Crippen molar-refractivity contribution in [2.24, 2.45) is 0 Å². The second-order valence-electron chi connectivity index (χ2n) is 8.44. The van der Waals surface area contributed by atoms with Crippen LogP contribution in [0.25, 0.3) is 6.08 Å². The summed E-state index contributed by atoms with van der Waals surface area (Å²) >= 11 is 3.46. The molecule has 0 aliphatic carbocycles. The van der Waals surface area contributed by atoms with Crippen molar-refractivity contribution < 1.29 is 28.8 Å². The Kier molecular flexibility index (Phi) is 8.40. The van der Waals surface area contributed by atoms with Gasteiger partial charge in [-0.05, 0) is 72.5 Å². The SMILES string of the molecule is CCOc1cc(/C=C2/C(=O)NC(=O)N(c3ccc(CC)cc3)C2=O)c(Br)cc1OCc1ccc([N+](=O)[O-])cc1. The zero-order chi connectivity index (χ0) is 28.1. The third kappa shape index (κ3) is 6.15. The van der Waals surface area contributed by atoms with Gasteiger partial charge in [0.25, 0.3) is 17.5 Å². The third-order valence-corrected chi connectivity index (χ3v) is 6.60. The van der Waals surface area contributed by atoms with Gasteiger partial charge in [0, 0.05) is 16.6 Å². The Morgan fingerprint density at radius 2 is 1.59 bits per heavy atom. The van der Waals surface area contributed by atoms with E-state index in [-0.39, 0.29) is 17.9 Å². The summed E-state index contributed by atoms with van der Waals surface area (Å²) in [4.78, 5) is 49.8. The maximum Gasteiger partial charge on any atom is 0.335 e. The first kappa shape index (κ1) is 27.5. The van der Waals surface area contributed by atoms with Crippen LogP contribution in [0.1, 0.15) is 30.5 Å². The molecule has 0 atom stereocenters. The first-order valence-corrected chi connectivity index (χ1v) is 12.8. The van der Waals surface area contributed by atoms with E-state index in [0.29, 0.717) is 39.4 Å². The molecule has 0 saturated carbocycles. The van der Waals surface area contributed by atoms with Crippen molar-refractivity contribution in [3.8, 4) is 11.5 Å². The fourth-order valence-electron chi connectivity index (χ4n) is 3.85. The number of carbonyl (C=O) groups is 3. The molecule has 4 amide bonds. The predicted octanol–water partition coefficient (Wildman–Crippen LogP) is 5.56. The minimum atomic E-state index is -0.824. The van der Waals surface area contributed by atoms with Gasteiger partial charge in [-0.25, -0.2) is 9.69 Å². The highest BCUT2D eigenvalue weighted by atomic mass is 79.9. The molecule has 4 rings (SSSR count). The van der Waals surface area contributed by atoms with Crippen molar-refractivity contribution >= 4 is 51.2 Å². The van der Waals surface area contributed by atoms with Crippen LogP contribution in [0.4, 0.5) is 16.2 Å². The number of hydrogen-bond acceptors (Lipinski definition) is 7. The molecule has 10 nitrogen and oxygen atoms in total. The number of nitrogens with zero attached hydrogens (tertiary/aromatic N) is 2. The molecule has 1 fully saturated rings. The van der Waals surface area contributed by atoms with Gasteiger partial charge in [-0.15, -0.1) is 0 Å². The molecular formula is C28H24BrN3O7. The molecule has 1 heterocycles. The van der Waals surface area contributed by atoms with Crippen molar-refractivity contribution in [1.29, 1.82) is 0 Å². The van der Waals surface area contributed by atoms with Crippen LogP contribution in [0, 0.1) is 10.1 Å². The van der Waals surface area contributed by atoms with Crippen molar-refractivity contribution in [1.82, 2.24) is 5.32 Å². The monoisotopic (exact) mass is 593 g/mol. The lowest BCUT2D eigenvalue weighted by atomic mass is 10.1. The van der Waals surface area contributed by atoms with E-state index in [1.807, 2.05) is 19.1 Å². The molecule has 1 N–H and O–H groups in total. The quantitative estimate of drug-likeness (QED) is 0.149. The van der Waals surface area contributed by atoms with Crippen molar-refractivity contribution in [3.05, 3.63) is 97.5 Å². The molecule has 0 aromatic heterocycles. The topological polar surface area (TPSA) is 128 Å². The zero-order valence-corrected chi connectivity index (χ0v) is 22.7. The highest BCUT2D eigenvalue weighted by molar-refractivity contribution is 9.10. The summed E-state index contributed by atoms with van der Waals surface area (Å²) in [6, 6.07) is 15.4. The number of ether oxygens (including phenoxy) is 2. The predicted molar refractivity (Wildman–Crippen MR) is 148 cm³/mol. The fraction of sp³-hybridized carbons (Fsp3) is 0.179. The van der Waals surface area contributed by atoms with E-state index in [1.165, 1.54) is 18.2 Å². The first-order valence-electron chi connectivity index (χ1n) is 12.0. The molecule has 200 valence electrons. The molecule has 3 aromatic rings. The Hall–Kier alpha value is -4.51. The number of carbonyl (C=O) groups excluding carboxylic acids is 3. The molecule has 11 heteroatoms. The Bertz CT molecular complexity index is 1470. The van der Waals surface area contributed by atoms with Crippen molar-refractivity contribution in [3.63, 3.8) is 0 Å². The van der Waals surface area contributed by atoms with Gasteiger partial charge >= 0.3 is 6.03 Å².